The second-order valence-corrected chi connectivity index (χ2v) is 5.29. The Bertz CT molecular complexity index is 336. The van der Waals surface area contributed by atoms with E-state index in [0.717, 1.165) is 4.90 Å². The Labute approximate surface area is 98.9 Å². The summed E-state index contributed by atoms with van der Waals surface area (Å²) < 4.78 is 31.4. The van der Waals surface area contributed by atoms with Gasteiger partial charge in [0, 0.05) is 6.42 Å². The Hall–Kier alpha value is -1.20. The molecule has 0 N–H and O–H groups in total. The molecule has 0 bridgehead atoms. The maximum absolute atomic E-state index is 13.2. The molecule has 1 heterocycles. The molecule has 1 amide bonds. The van der Waals surface area contributed by atoms with Crippen molar-refractivity contribution in [2.24, 2.45) is 0 Å². The van der Waals surface area contributed by atoms with Gasteiger partial charge in [-0.2, -0.15) is 0 Å². The Morgan fingerprint density at radius 1 is 1.35 bits per heavy atom. The van der Waals surface area contributed by atoms with Gasteiger partial charge in [0.2, 0.25) is 0 Å². The van der Waals surface area contributed by atoms with Crippen LogP contribution < -0.4 is 0 Å². The topological polar surface area (TPSA) is 46.6 Å². The number of halogens is 2. The highest BCUT2D eigenvalue weighted by molar-refractivity contribution is 5.86. The van der Waals surface area contributed by atoms with Crippen LogP contribution >= 0.6 is 0 Å². The lowest BCUT2D eigenvalue weighted by molar-refractivity contribution is -0.121. The standard InChI is InChI=1S/C11H17F2NO3/c1-7(15)8-5-11(12,13)6-14(8)9(16)17-10(2,3)4/h8H,5-6H2,1-4H3/t8-/m0/s1. The summed E-state index contributed by atoms with van der Waals surface area (Å²) in [5, 5.41) is 0. The lowest BCUT2D eigenvalue weighted by Gasteiger charge is -2.27. The Morgan fingerprint density at radius 2 is 1.88 bits per heavy atom. The van der Waals surface area contributed by atoms with Gasteiger partial charge in [0.05, 0.1) is 12.6 Å². The van der Waals surface area contributed by atoms with E-state index in [4.69, 9.17) is 4.74 Å². The predicted molar refractivity (Wildman–Crippen MR) is 57.0 cm³/mol. The van der Waals surface area contributed by atoms with E-state index < -0.39 is 42.4 Å². The van der Waals surface area contributed by atoms with Gasteiger partial charge in [-0.15, -0.1) is 0 Å². The molecule has 1 aliphatic heterocycles. The highest BCUT2D eigenvalue weighted by atomic mass is 19.3. The van der Waals surface area contributed by atoms with Crippen molar-refractivity contribution < 1.29 is 23.1 Å². The highest BCUT2D eigenvalue weighted by Gasteiger charge is 2.49. The number of carbonyl (C=O) groups is 2. The molecule has 0 aromatic carbocycles. The molecule has 1 rings (SSSR count). The lowest BCUT2D eigenvalue weighted by atomic mass is 10.1. The average Bonchev–Trinajstić information content (AvgIpc) is 2.38. The molecule has 98 valence electrons. The smallest absolute Gasteiger partial charge is 0.411 e. The summed E-state index contributed by atoms with van der Waals surface area (Å²) in [5.41, 5.74) is -0.768. The van der Waals surface area contributed by atoms with Crippen molar-refractivity contribution in [3.63, 3.8) is 0 Å². The van der Waals surface area contributed by atoms with Gasteiger partial charge < -0.3 is 4.74 Å². The van der Waals surface area contributed by atoms with Crippen molar-refractivity contribution in [1.29, 1.82) is 0 Å². The molecular formula is C11H17F2NO3. The molecule has 0 saturated carbocycles. The van der Waals surface area contributed by atoms with E-state index in [2.05, 4.69) is 0 Å². The zero-order valence-corrected chi connectivity index (χ0v) is 10.4. The number of likely N-dealkylation sites (tertiary alicyclic amines) is 1. The average molecular weight is 249 g/mol. The molecule has 1 saturated heterocycles. The van der Waals surface area contributed by atoms with Crippen LogP contribution in [0.5, 0.6) is 0 Å². The molecule has 1 atom stereocenters. The number of ether oxygens (including phenoxy) is 1. The largest absolute Gasteiger partial charge is 0.444 e. The first-order valence-electron chi connectivity index (χ1n) is 5.40. The molecule has 17 heavy (non-hydrogen) atoms. The van der Waals surface area contributed by atoms with Gasteiger partial charge in [0.25, 0.3) is 5.92 Å². The normalized spacial score (nSPS) is 23.6. The van der Waals surface area contributed by atoms with E-state index in [0.29, 0.717) is 0 Å². The molecule has 4 nitrogen and oxygen atoms in total. The van der Waals surface area contributed by atoms with Gasteiger partial charge in [0.15, 0.2) is 5.78 Å². The van der Waals surface area contributed by atoms with Crippen LogP contribution in [0.4, 0.5) is 13.6 Å². The van der Waals surface area contributed by atoms with Crippen LogP contribution in [0, 0.1) is 0 Å². The summed E-state index contributed by atoms with van der Waals surface area (Å²) in [6.07, 6.45) is -1.49. The molecular weight excluding hydrogens is 232 g/mol. The zero-order valence-electron chi connectivity index (χ0n) is 10.4. The van der Waals surface area contributed by atoms with Gasteiger partial charge >= 0.3 is 6.09 Å². The van der Waals surface area contributed by atoms with Crippen molar-refractivity contribution in [3.8, 4) is 0 Å². The van der Waals surface area contributed by atoms with Crippen LogP contribution in [0.3, 0.4) is 0 Å². The Kier molecular flexibility index (Phi) is 3.45. The fourth-order valence-electron chi connectivity index (χ4n) is 1.69. The Morgan fingerprint density at radius 3 is 2.29 bits per heavy atom. The number of alkyl halides is 2. The van der Waals surface area contributed by atoms with E-state index in [1.54, 1.807) is 20.8 Å². The van der Waals surface area contributed by atoms with Crippen LogP contribution in [-0.4, -0.2) is 40.9 Å². The first kappa shape index (κ1) is 13.9. The summed E-state index contributed by atoms with van der Waals surface area (Å²) >= 11 is 0. The number of hydrogen-bond donors (Lipinski definition) is 0. The molecule has 1 fully saturated rings. The summed E-state index contributed by atoms with van der Waals surface area (Å²) in [5.74, 6) is -3.47. The number of rotatable bonds is 1. The summed E-state index contributed by atoms with van der Waals surface area (Å²) in [7, 11) is 0. The number of nitrogens with zero attached hydrogens (tertiary/aromatic N) is 1. The zero-order chi connectivity index (χ0) is 13.4. The predicted octanol–water partition coefficient (Wildman–Crippen LogP) is 2.22. The van der Waals surface area contributed by atoms with E-state index in [9.17, 15) is 18.4 Å². The van der Waals surface area contributed by atoms with E-state index >= 15 is 0 Å². The van der Waals surface area contributed by atoms with Gasteiger partial charge in [-0.3, -0.25) is 9.69 Å². The molecule has 0 aromatic heterocycles. The second-order valence-electron chi connectivity index (χ2n) is 5.29. The van der Waals surface area contributed by atoms with E-state index in [-0.39, 0.29) is 0 Å². The first-order valence-corrected chi connectivity index (χ1v) is 5.40. The molecule has 0 radical (unpaired) electrons. The third kappa shape index (κ3) is 3.64. The fourth-order valence-corrected chi connectivity index (χ4v) is 1.69. The van der Waals surface area contributed by atoms with E-state index in [1.807, 2.05) is 0 Å². The summed E-state index contributed by atoms with van der Waals surface area (Å²) in [6, 6.07) is -1.08. The molecule has 0 aliphatic carbocycles. The summed E-state index contributed by atoms with van der Waals surface area (Å²) in [6.45, 7) is 5.36. The monoisotopic (exact) mass is 249 g/mol. The number of Topliss-reactive ketones (excluding diaryl/α,β-unsaturated/α-hetero) is 1. The maximum Gasteiger partial charge on any atom is 0.411 e. The third-order valence-corrected chi connectivity index (χ3v) is 2.37. The minimum absolute atomic E-state index is 0.451. The molecule has 1 aliphatic rings. The van der Waals surface area contributed by atoms with Crippen LogP contribution in [0.15, 0.2) is 0 Å². The number of ketones is 1. The van der Waals surface area contributed by atoms with Crippen LogP contribution in [-0.2, 0) is 9.53 Å². The quantitative estimate of drug-likeness (QED) is 0.715. The van der Waals surface area contributed by atoms with Crippen LogP contribution in [0.2, 0.25) is 0 Å². The van der Waals surface area contributed by atoms with Crippen molar-refractivity contribution in [2.45, 2.75) is 51.7 Å². The number of amides is 1. The van der Waals surface area contributed by atoms with Gasteiger partial charge in [0.1, 0.15) is 5.60 Å². The molecule has 6 heteroatoms. The summed E-state index contributed by atoms with van der Waals surface area (Å²) in [4.78, 5) is 23.7. The van der Waals surface area contributed by atoms with Crippen molar-refractivity contribution in [1.82, 2.24) is 4.90 Å². The third-order valence-electron chi connectivity index (χ3n) is 2.37. The SMILES string of the molecule is CC(=O)[C@@H]1CC(F)(F)CN1C(=O)OC(C)(C)C. The second kappa shape index (κ2) is 4.23. The fraction of sp³-hybridized carbons (Fsp3) is 0.818. The number of carbonyl (C=O) groups excluding carboxylic acids is 2. The number of hydrogen-bond acceptors (Lipinski definition) is 3. The van der Waals surface area contributed by atoms with Crippen molar-refractivity contribution in [2.75, 3.05) is 6.54 Å². The van der Waals surface area contributed by atoms with Crippen molar-refractivity contribution in [3.05, 3.63) is 0 Å². The van der Waals surface area contributed by atoms with Crippen LogP contribution in [0.1, 0.15) is 34.1 Å². The Balaban J connectivity index is 2.81. The maximum atomic E-state index is 13.2. The molecule has 0 spiro atoms. The van der Waals surface area contributed by atoms with Crippen molar-refractivity contribution >= 4 is 11.9 Å². The van der Waals surface area contributed by atoms with Gasteiger partial charge in [-0.25, -0.2) is 13.6 Å². The molecule has 0 aromatic rings. The highest BCUT2D eigenvalue weighted by Crippen LogP contribution is 2.33. The minimum Gasteiger partial charge on any atom is -0.444 e. The van der Waals surface area contributed by atoms with Gasteiger partial charge in [-0.05, 0) is 27.7 Å². The first-order chi connectivity index (χ1) is 7.52. The minimum atomic E-state index is -3.02. The molecule has 0 unspecified atom stereocenters. The van der Waals surface area contributed by atoms with Crippen LogP contribution in [0.25, 0.3) is 0 Å². The lowest BCUT2D eigenvalue weighted by Crippen LogP contribution is -2.43. The van der Waals surface area contributed by atoms with Gasteiger partial charge in [-0.1, -0.05) is 0 Å². The van der Waals surface area contributed by atoms with E-state index in [1.165, 1.54) is 6.92 Å².